The Morgan fingerprint density at radius 2 is 1.67 bits per heavy atom. The summed E-state index contributed by atoms with van der Waals surface area (Å²) >= 11 is 0. The highest BCUT2D eigenvalue weighted by Gasteiger charge is 2.22. The van der Waals surface area contributed by atoms with Gasteiger partial charge in [-0.15, -0.1) is 0 Å². The average Bonchev–Trinajstić information content (AvgIpc) is 2.92. The lowest BCUT2D eigenvalue weighted by Gasteiger charge is -2.37. The fraction of sp³-hybridized carbons (Fsp3) is 0.333. The number of carbonyl (C=O) groups is 1. The van der Waals surface area contributed by atoms with Crippen LogP contribution in [0, 0.1) is 0 Å². The molecule has 1 aromatic heterocycles. The monoisotopic (exact) mass is 491 g/mol. The number of nitrogens with zero attached hydrogens (tertiary/aromatic N) is 3. The molecule has 3 aromatic rings. The molecule has 1 aliphatic rings. The third-order valence-electron chi connectivity index (χ3n) is 6.18. The number of benzene rings is 2. The number of para-hydroxylation sites is 4. The molecule has 0 bridgehead atoms. The van der Waals surface area contributed by atoms with Crippen LogP contribution in [-0.4, -0.2) is 80.5 Å². The van der Waals surface area contributed by atoms with E-state index >= 15 is 0 Å². The highest BCUT2D eigenvalue weighted by atomic mass is 16.5. The second-order valence-electron chi connectivity index (χ2n) is 8.55. The molecule has 1 saturated heterocycles. The Hall–Kier alpha value is -3.82. The Balaban J connectivity index is 1.28. The number of hydrogen-bond acceptors (Lipinski definition) is 8. The fourth-order valence-corrected chi connectivity index (χ4v) is 4.29. The summed E-state index contributed by atoms with van der Waals surface area (Å²) < 4.78 is 10.9. The van der Waals surface area contributed by atoms with Crippen molar-refractivity contribution < 1.29 is 19.4 Å². The molecule has 0 radical (unpaired) electrons. The van der Waals surface area contributed by atoms with Gasteiger partial charge in [0.05, 0.1) is 37.3 Å². The van der Waals surface area contributed by atoms with E-state index in [-0.39, 0.29) is 12.5 Å². The highest BCUT2D eigenvalue weighted by molar-refractivity contribution is 5.99. The number of anilines is 3. The van der Waals surface area contributed by atoms with Crippen LogP contribution in [-0.2, 0) is 0 Å². The van der Waals surface area contributed by atoms with Gasteiger partial charge in [-0.05, 0) is 36.4 Å². The van der Waals surface area contributed by atoms with E-state index in [1.165, 1.54) is 0 Å². The average molecular weight is 492 g/mol. The summed E-state index contributed by atoms with van der Waals surface area (Å²) in [6.45, 7) is 3.95. The number of amides is 1. The molecule has 1 aliphatic heterocycles. The Kier molecular flexibility index (Phi) is 8.59. The van der Waals surface area contributed by atoms with Crippen molar-refractivity contribution in [3.63, 3.8) is 0 Å². The molecule has 1 atom stereocenters. The van der Waals surface area contributed by atoms with Crippen LogP contribution in [0.2, 0.25) is 0 Å². The van der Waals surface area contributed by atoms with Gasteiger partial charge in [-0.2, -0.15) is 0 Å². The van der Waals surface area contributed by atoms with Gasteiger partial charge in [0.1, 0.15) is 17.3 Å². The third-order valence-corrected chi connectivity index (χ3v) is 6.18. The Morgan fingerprint density at radius 1 is 0.972 bits per heavy atom. The molecule has 2 heterocycles. The number of hydrogen-bond donors (Lipinski definition) is 3. The van der Waals surface area contributed by atoms with Crippen LogP contribution >= 0.6 is 0 Å². The van der Waals surface area contributed by atoms with E-state index in [0.29, 0.717) is 29.4 Å². The number of ether oxygens (including phenoxy) is 2. The van der Waals surface area contributed by atoms with Gasteiger partial charge >= 0.3 is 0 Å². The van der Waals surface area contributed by atoms with Crippen LogP contribution in [0.4, 0.5) is 17.2 Å². The summed E-state index contributed by atoms with van der Waals surface area (Å²) in [5.74, 6) is 1.63. The summed E-state index contributed by atoms with van der Waals surface area (Å²) in [4.78, 5) is 21.7. The van der Waals surface area contributed by atoms with E-state index < -0.39 is 6.10 Å². The summed E-state index contributed by atoms with van der Waals surface area (Å²) in [5.41, 5.74) is 2.18. The van der Waals surface area contributed by atoms with Crippen LogP contribution in [0.3, 0.4) is 0 Å². The Morgan fingerprint density at radius 3 is 2.42 bits per heavy atom. The molecule has 36 heavy (non-hydrogen) atoms. The number of aromatic nitrogens is 1. The molecule has 9 nitrogen and oxygen atoms in total. The number of aliphatic hydroxyl groups is 1. The molecule has 0 saturated carbocycles. The Bertz CT molecular complexity index is 1150. The lowest BCUT2D eigenvalue weighted by Crippen LogP contribution is -2.50. The second kappa shape index (κ2) is 12.2. The summed E-state index contributed by atoms with van der Waals surface area (Å²) in [6, 6.07) is 18.8. The third kappa shape index (κ3) is 6.24. The van der Waals surface area contributed by atoms with Crippen molar-refractivity contribution in [3.05, 3.63) is 72.4 Å². The van der Waals surface area contributed by atoms with Crippen molar-refractivity contribution in [2.45, 2.75) is 6.10 Å². The zero-order chi connectivity index (χ0) is 25.3. The first-order valence-corrected chi connectivity index (χ1v) is 12.0. The van der Waals surface area contributed by atoms with Crippen molar-refractivity contribution >= 4 is 23.1 Å². The van der Waals surface area contributed by atoms with Crippen LogP contribution in [0.1, 0.15) is 10.4 Å². The fourth-order valence-electron chi connectivity index (χ4n) is 4.29. The summed E-state index contributed by atoms with van der Waals surface area (Å²) in [5, 5.41) is 16.6. The standard InChI is InChI=1S/C27H33N5O4/c1-35-24-11-5-3-9-22(24)30-26-21(8-7-13-28-26)27(34)29-18-20(33)19-31-14-16-32(17-15-31)23-10-4-6-12-25(23)36-2/h3-13,20,33H,14-19H2,1-2H3,(H,28,30)(H,29,34). The van der Waals surface area contributed by atoms with E-state index in [0.717, 1.165) is 37.6 Å². The van der Waals surface area contributed by atoms with Crippen LogP contribution in [0.25, 0.3) is 0 Å². The SMILES string of the molecule is COc1ccccc1Nc1ncccc1C(=O)NCC(O)CN1CCN(c2ccccc2OC)CC1. The normalized spacial score (nSPS) is 14.7. The predicted molar refractivity (Wildman–Crippen MR) is 141 cm³/mol. The van der Waals surface area contributed by atoms with Crippen LogP contribution in [0.15, 0.2) is 66.9 Å². The maximum atomic E-state index is 12.9. The first-order valence-electron chi connectivity index (χ1n) is 12.0. The molecule has 2 aromatic carbocycles. The van der Waals surface area contributed by atoms with Gasteiger partial charge in [0.25, 0.3) is 5.91 Å². The van der Waals surface area contributed by atoms with Gasteiger partial charge in [-0.1, -0.05) is 24.3 Å². The van der Waals surface area contributed by atoms with Gasteiger partial charge in [0.15, 0.2) is 0 Å². The number of pyridine rings is 1. The zero-order valence-corrected chi connectivity index (χ0v) is 20.7. The molecule has 3 N–H and O–H groups in total. The van der Waals surface area contributed by atoms with Crippen molar-refractivity contribution in [2.75, 3.05) is 63.7 Å². The number of rotatable bonds is 10. The van der Waals surface area contributed by atoms with E-state index in [1.54, 1.807) is 32.5 Å². The minimum atomic E-state index is -0.686. The lowest BCUT2D eigenvalue weighted by atomic mass is 10.2. The number of piperazine rings is 1. The molecule has 0 aliphatic carbocycles. The van der Waals surface area contributed by atoms with Crippen LogP contribution < -0.4 is 25.0 Å². The van der Waals surface area contributed by atoms with Crippen molar-refractivity contribution in [2.24, 2.45) is 0 Å². The van der Waals surface area contributed by atoms with Gasteiger partial charge in [-0.25, -0.2) is 4.98 Å². The lowest BCUT2D eigenvalue weighted by molar-refractivity contribution is 0.0852. The minimum absolute atomic E-state index is 0.147. The molecular formula is C27H33N5O4. The summed E-state index contributed by atoms with van der Waals surface area (Å²) in [6.07, 6.45) is 0.933. The number of β-amino-alcohol motifs (C(OH)–C–C–N with tert-alkyl or cyclic N) is 1. The van der Waals surface area contributed by atoms with Gasteiger partial charge in [0.2, 0.25) is 0 Å². The van der Waals surface area contributed by atoms with Crippen molar-refractivity contribution in [1.29, 1.82) is 0 Å². The molecule has 1 fully saturated rings. The quantitative estimate of drug-likeness (QED) is 0.398. The molecule has 9 heteroatoms. The number of aliphatic hydroxyl groups excluding tert-OH is 1. The summed E-state index contributed by atoms with van der Waals surface area (Å²) in [7, 11) is 3.27. The van der Waals surface area contributed by atoms with Crippen molar-refractivity contribution in [3.8, 4) is 11.5 Å². The topological polar surface area (TPSA) is 99.2 Å². The molecular weight excluding hydrogens is 458 g/mol. The number of carbonyl (C=O) groups excluding carboxylic acids is 1. The molecule has 4 rings (SSSR count). The van der Waals surface area contributed by atoms with Gasteiger partial charge in [0, 0.05) is 45.5 Å². The molecule has 190 valence electrons. The van der Waals surface area contributed by atoms with E-state index in [4.69, 9.17) is 9.47 Å². The molecule has 0 spiro atoms. The first kappa shape index (κ1) is 25.3. The Labute approximate surface area is 211 Å². The largest absolute Gasteiger partial charge is 0.495 e. The first-order chi connectivity index (χ1) is 17.6. The maximum Gasteiger partial charge on any atom is 0.255 e. The highest BCUT2D eigenvalue weighted by Crippen LogP contribution is 2.29. The maximum absolute atomic E-state index is 12.9. The van der Waals surface area contributed by atoms with Crippen molar-refractivity contribution in [1.82, 2.24) is 15.2 Å². The molecule has 1 unspecified atom stereocenters. The van der Waals surface area contributed by atoms with E-state index in [2.05, 4.69) is 31.5 Å². The van der Waals surface area contributed by atoms with Gasteiger partial charge in [-0.3, -0.25) is 9.69 Å². The van der Waals surface area contributed by atoms with Crippen LogP contribution in [0.5, 0.6) is 11.5 Å². The number of nitrogens with one attached hydrogen (secondary N) is 2. The predicted octanol–water partition coefficient (Wildman–Crippen LogP) is 2.76. The molecule has 1 amide bonds. The second-order valence-corrected chi connectivity index (χ2v) is 8.55. The van der Waals surface area contributed by atoms with E-state index in [9.17, 15) is 9.90 Å². The minimum Gasteiger partial charge on any atom is -0.495 e. The van der Waals surface area contributed by atoms with Gasteiger partial charge < -0.3 is 30.1 Å². The zero-order valence-electron chi connectivity index (χ0n) is 20.7. The van der Waals surface area contributed by atoms with E-state index in [1.807, 2.05) is 42.5 Å². The number of methoxy groups -OCH3 is 2. The smallest absolute Gasteiger partial charge is 0.255 e.